The fourth-order valence-electron chi connectivity index (χ4n) is 3.42. The Hall–Kier alpha value is -1.77. The fraction of sp³-hybridized carbons (Fsp3) is 0.500. The number of aryl methyl sites for hydroxylation is 1. The van der Waals surface area contributed by atoms with Crippen LogP contribution in [0.15, 0.2) is 18.2 Å². The molecule has 0 radical (unpaired) electrons. The minimum Gasteiger partial charge on any atom is -0.358 e. The van der Waals surface area contributed by atoms with Gasteiger partial charge in [-0.2, -0.15) is 0 Å². The Bertz CT molecular complexity index is 667. The Balaban J connectivity index is 2.03. The largest absolute Gasteiger partial charge is 0.358 e. The Labute approximate surface area is 126 Å². The van der Waals surface area contributed by atoms with E-state index in [1.54, 1.807) is 0 Å². The van der Waals surface area contributed by atoms with Crippen LogP contribution in [0.1, 0.15) is 48.8 Å². The molecule has 112 valence electrons. The zero-order valence-electron chi connectivity index (χ0n) is 13.2. The third-order valence-electron chi connectivity index (χ3n) is 4.73. The number of rotatable bonds is 3. The molecular formula is C18H24N2O. The van der Waals surface area contributed by atoms with Gasteiger partial charge in [-0.25, -0.2) is 0 Å². The molecule has 3 heteroatoms. The maximum Gasteiger partial charge on any atom is 0.253 e. The molecule has 3 rings (SSSR count). The second-order valence-electron chi connectivity index (χ2n) is 6.17. The maximum atomic E-state index is 12.5. The van der Waals surface area contributed by atoms with E-state index in [9.17, 15) is 4.79 Å². The standard InChI is InChI=1S/C18H24N2O/c1-4-20(5-2)18(21)13-7-9-17-15(11-13)14-10-12(3)6-8-16(14)19-17/h7,9,11-12,19H,4-6,8,10H2,1-3H3. The van der Waals surface area contributed by atoms with Gasteiger partial charge in [-0.05, 0) is 62.8 Å². The van der Waals surface area contributed by atoms with Crippen LogP contribution in [0, 0.1) is 5.92 Å². The molecule has 0 fully saturated rings. The Kier molecular flexibility index (Phi) is 3.75. The fourth-order valence-corrected chi connectivity index (χ4v) is 3.42. The number of benzene rings is 1. The van der Waals surface area contributed by atoms with E-state index >= 15 is 0 Å². The number of aromatic nitrogens is 1. The molecule has 21 heavy (non-hydrogen) atoms. The molecule has 1 aromatic heterocycles. The lowest BCUT2D eigenvalue weighted by atomic mass is 9.87. The van der Waals surface area contributed by atoms with Crippen molar-refractivity contribution in [1.82, 2.24) is 9.88 Å². The van der Waals surface area contributed by atoms with Crippen LogP contribution >= 0.6 is 0 Å². The van der Waals surface area contributed by atoms with Gasteiger partial charge in [-0.1, -0.05) is 6.92 Å². The molecule has 2 aromatic rings. The first-order chi connectivity index (χ1) is 10.1. The van der Waals surface area contributed by atoms with Gasteiger partial charge >= 0.3 is 0 Å². The zero-order chi connectivity index (χ0) is 15.0. The number of amides is 1. The van der Waals surface area contributed by atoms with Gasteiger partial charge in [0.25, 0.3) is 5.91 Å². The van der Waals surface area contributed by atoms with E-state index in [4.69, 9.17) is 0 Å². The third kappa shape index (κ3) is 2.45. The summed E-state index contributed by atoms with van der Waals surface area (Å²) in [6.45, 7) is 7.89. The van der Waals surface area contributed by atoms with E-state index in [0.717, 1.165) is 37.4 Å². The lowest BCUT2D eigenvalue weighted by Gasteiger charge is -2.19. The van der Waals surface area contributed by atoms with Crippen LogP contribution in [0.5, 0.6) is 0 Å². The minimum absolute atomic E-state index is 0.140. The first kappa shape index (κ1) is 14.2. The smallest absolute Gasteiger partial charge is 0.253 e. The van der Waals surface area contributed by atoms with Gasteiger partial charge in [-0.3, -0.25) is 4.79 Å². The highest BCUT2D eigenvalue weighted by atomic mass is 16.2. The number of hydrogen-bond donors (Lipinski definition) is 1. The monoisotopic (exact) mass is 284 g/mol. The molecule has 0 saturated heterocycles. The summed E-state index contributed by atoms with van der Waals surface area (Å²) in [5.74, 6) is 0.874. The number of carbonyl (C=O) groups is 1. The van der Waals surface area contributed by atoms with Crippen LogP contribution in [-0.2, 0) is 12.8 Å². The molecular weight excluding hydrogens is 260 g/mol. The van der Waals surface area contributed by atoms with Gasteiger partial charge in [0.15, 0.2) is 0 Å². The van der Waals surface area contributed by atoms with Gasteiger partial charge in [0.2, 0.25) is 0 Å². The third-order valence-corrected chi connectivity index (χ3v) is 4.73. The number of fused-ring (bicyclic) bond motifs is 3. The van der Waals surface area contributed by atoms with Crippen LogP contribution in [-0.4, -0.2) is 28.9 Å². The maximum absolute atomic E-state index is 12.5. The summed E-state index contributed by atoms with van der Waals surface area (Å²) in [5, 5.41) is 1.24. The average Bonchev–Trinajstić information content (AvgIpc) is 2.85. The van der Waals surface area contributed by atoms with Gasteiger partial charge in [0, 0.05) is 35.2 Å². The van der Waals surface area contributed by atoms with Crippen molar-refractivity contribution in [2.24, 2.45) is 5.92 Å². The number of nitrogens with one attached hydrogen (secondary N) is 1. The summed E-state index contributed by atoms with van der Waals surface area (Å²) in [4.78, 5) is 17.9. The Morgan fingerprint density at radius 2 is 2.10 bits per heavy atom. The molecule has 0 aliphatic heterocycles. The minimum atomic E-state index is 0.140. The highest BCUT2D eigenvalue weighted by Gasteiger charge is 2.21. The normalized spacial score (nSPS) is 17.8. The summed E-state index contributed by atoms with van der Waals surface area (Å²) >= 11 is 0. The topological polar surface area (TPSA) is 36.1 Å². The molecule has 1 atom stereocenters. The summed E-state index contributed by atoms with van der Waals surface area (Å²) < 4.78 is 0. The molecule has 0 saturated carbocycles. The lowest BCUT2D eigenvalue weighted by Crippen LogP contribution is -2.30. The van der Waals surface area contributed by atoms with Crippen molar-refractivity contribution in [3.05, 3.63) is 35.0 Å². The number of nitrogens with zero attached hydrogens (tertiary/aromatic N) is 1. The predicted octanol–water partition coefficient (Wildman–Crippen LogP) is 3.77. The number of carbonyl (C=O) groups excluding carboxylic acids is 1. The molecule has 0 bridgehead atoms. The van der Waals surface area contributed by atoms with E-state index < -0.39 is 0 Å². The van der Waals surface area contributed by atoms with Crippen molar-refractivity contribution in [3.8, 4) is 0 Å². The summed E-state index contributed by atoms with van der Waals surface area (Å²) in [6.07, 6.45) is 3.51. The molecule has 3 nitrogen and oxygen atoms in total. The van der Waals surface area contributed by atoms with Crippen LogP contribution in [0.3, 0.4) is 0 Å². The number of H-pyrrole nitrogens is 1. The molecule has 1 aromatic carbocycles. The van der Waals surface area contributed by atoms with Crippen LogP contribution < -0.4 is 0 Å². The van der Waals surface area contributed by atoms with Crippen molar-refractivity contribution in [2.45, 2.75) is 40.0 Å². The second-order valence-corrected chi connectivity index (χ2v) is 6.17. The van der Waals surface area contributed by atoms with E-state index in [-0.39, 0.29) is 5.91 Å². The Morgan fingerprint density at radius 3 is 2.81 bits per heavy atom. The van der Waals surface area contributed by atoms with Crippen molar-refractivity contribution in [2.75, 3.05) is 13.1 Å². The quantitative estimate of drug-likeness (QED) is 0.915. The van der Waals surface area contributed by atoms with E-state index in [1.165, 1.54) is 28.6 Å². The predicted molar refractivity (Wildman–Crippen MR) is 86.7 cm³/mol. The highest BCUT2D eigenvalue weighted by molar-refractivity contribution is 5.99. The summed E-state index contributed by atoms with van der Waals surface area (Å²) in [7, 11) is 0. The van der Waals surface area contributed by atoms with Crippen molar-refractivity contribution < 1.29 is 4.79 Å². The molecule has 1 aliphatic carbocycles. The summed E-state index contributed by atoms with van der Waals surface area (Å²) in [6, 6.07) is 6.10. The van der Waals surface area contributed by atoms with Gasteiger partial charge < -0.3 is 9.88 Å². The molecule has 1 aliphatic rings. The molecule has 1 heterocycles. The zero-order valence-corrected chi connectivity index (χ0v) is 13.2. The van der Waals surface area contributed by atoms with Crippen LogP contribution in [0.4, 0.5) is 0 Å². The molecule has 1 unspecified atom stereocenters. The molecule has 1 amide bonds. The first-order valence-electron chi connectivity index (χ1n) is 8.06. The number of hydrogen-bond acceptors (Lipinski definition) is 1. The number of aromatic amines is 1. The van der Waals surface area contributed by atoms with Gasteiger partial charge in [-0.15, -0.1) is 0 Å². The van der Waals surface area contributed by atoms with Crippen LogP contribution in [0.2, 0.25) is 0 Å². The van der Waals surface area contributed by atoms with Crippen LogP contribution in [0.25, 0.3) is 10.9 Å². The van der Waals surface area contributed by atoms with E-state index in [1.807, 2.05) is 24.8 Å². The SMILES string of the molecule is CCN(CC)C(=O)c1ccc2[nH]c3c(c2c1)CC(C)CC3. The van der Waals surface area contributed by atoms with Gasteiger partial charge in [0.1, 0.15) is 0 Å². The first-order valence-corrected chi connectivity index (χ1v) is 8.06. The Morgan fingerprint density at radius 1 is 1.33 bits per heavy atom. The molecule has 1 N–H and O–H groups in total. The second kappa shape index (κ2) is 5.55. The lowest BCUT2D eigenvalue weighted by molar-refractivity contribution is 0.0773. The van der Waals surface area contributed by atoms with Crippen molar-refractivity contribution >= 4 is 16.8 Å². The van der Waals surface area contributed by atoms with E-state index in [0.29, 0.717) is 0 Å². The highest BCUT2D eigenvalue weighted by Crippen LogP contribution is 2.32. The molecule has 0 spiro atoms. The average molecular weight is 284 g/mol. The van der Waals surface area contributed by atoms with E-state index in [2.05, 4.69) is 24.0 Å². The summed E-state index contributed by atoms with van der Waals surface area (Å²) in [5.41, 5.74) is 4.78. The van der Waals surface area contributed by atoms with Crippen molar-refractivity contribution in [3.63, 3.8) is 0 Å². The van der Waals surface area contributed by atoms with Gasteiger partial charge in [0.05, 0.1) is 0 Å². The van der Waals surface area contributed by atoms with Crippen molar-refractivity contribution in [1.29, 1.82) is 0 Å².